The van der Waals surface area contributed by atoms with Crippen LogP contribution in [0, 0.1) is 0 Å². The van der Waals surface area contributed by atoms with Crippen molar-refractivity contribution >= 4 is 58.2 Å². The lowest BCUT2D eigenvalue weighted by atomic mass is 10.2. The third kappa shape index (κ3) is 7.29. The van der Waals surface area contributed by atoms with Gasteiger partial charge in [0.1, 0.15) is 0 Å². The van der Waals surface area contributed by atoms with Crippen molar-refractivity contribution in [2.24, 2.45) is 0 Å². The Hall–Kier alpha value is -3.04. The number of carbonyl (C=O) groups is 3. The molecule has 0 aliphatic carbocycles. The van der Waals surface area contributed by atoms with Crippen molar-refractivity contribution in [3.8, 4) is 0 Å². The molecule has 2 rings (SSSR count). The molecule has 0 radical (unpaired) electrons. The molecule has 0 saturated carbocycles. The molecule has 4 N–H and O–H groups in total. The van der Waals surface area contributed by atoms with E-state index in [-0.39, 0.29) is 11.0 Å². The van der Waals surface area contributed by atoms with E-state index in [1.165, 1.54) is 17.4 Å². The Bertz CT molecular complexity index is 862. The summed E-state index contributed by atoms with van der Waals surface area (Å²) in [6, 6.07) is 10.2. The molecule has 0 unspecified atom stereocenters. The van der Waals surface area contributed by atoms with Crippen LogP contribution in [0.15, 0.2) is 47.9 Å². The summed E-state index contributed by atoms with van der Waals surface area (Å²) in [5, 5.41) is 7.05. The molecule has 1 heterocycles. The number of anilines is 1. The highest BCUT2D eigenvalue weighted by molar-refractivity contribution is 7.80. The maximum atomic E-state index is 12.1. The average molecular weight is 417 g/mol. The SMILES string of the molecule is CCCC(=O)Nc1ccc(C(=O)NNC(=S)NC(=O)/C=C/c2cccs2)cc1. The monoisotopic (exact) mass is 416 g/mol. The Labute approximate surface area is 172 Å². The molecule has 3 amide bonds. The van der Waals surface area contributed by atoms with Crippen molar-refractivity contribution in [2.45, 2.75) is 19.8 Å². The molecule has 7 nitrogen and oxygen atoms in total. The summed E-state index contributed by atoms with van der Waals surface area (Å²) in [4.78, 5) is 36.4. The molecular weight excluding hydrogens is 396 g/mol. The second-order valence-corrected chi connectivity index (χ2v) is 7.01. The molecule has 0 aliphatic heterocycles. The Morgan fingerprint density at radius 2 is 1.86 bits per heavy atom. The maximum absolute atomic E-state index is 12.1. The zero-order valence-corrected chi connectivity index (χ0v) is 16.8. The summed E-state index contributed by atoms with van der Waals surface area (Å²) >= 11 is 6.48. The molecular formula is C19H20N4O3S2. The van der Waals surface area contributed by atoms with Crippen LogP contribution >= 0.6 is 23.6 Å². The fraction of sp³-hybridized carbons (Fsp3) is 0.158. The molecule has 146 valence electrons. The minimum atomic E-state index is -0.433. The molecule has 0 bridgehead atoms. The lowest BCUT2D eigenvalue weighted by molar-refractivity contribution is -0.116. The van der Waals surface area contributed by atoms with Crippen molar-refractivity contribution < 1.29 is 14.4 Å². The summed E-state index contributed by atoms with van der Waals surface area (Å²) in [5.41, 5.74) is 5.85. The van der Waals surface area contributed by atoms with Crippen LogP contribution in [-0.4, -0.2) is 22.8 Å². The Morgan fingerprint density at radius 3 is 2.50 bits per heavy atom. The Kier molecular flexibility index (Phi) is 8.32. The van der Waals surface area contributed by atoms with E-state index in [1.807, 2.05) is 24.4 Å². The van der Waals surface area contributed by atoms with Crippen LogP contribution in [0.5, 0.6) is 0 Å². The van der Waals surface area contributed by atoms with E-state index in [4.69, 9.17) is 12.2 Å². The topological polar surface area (TPSA) is 99.3 Å². The highest BCUT2D eigenvalue weighted by Crippen LogP contribution is 2.10. The van der Waals surface area contributed by atoms with Gasteiger partial charge >= 0.3 is 0 Å². The predicted octanol–water partition coefficient (Wildman–Crippen LogP) is 2.84. The average Bonchev–Trinajstić information content (AvgIpc) is 3.19. The van der Waals surface area contributed by atoms with E-state index in [0.717, 1.165) is 11.3 Å². The van der Waals surface area contributed by atoms with Crippen LogP contribution < -0.4 is 21.5 Å². The molecule has 1 aromatic heterocycles. The van der Waals surface area contributed by atoms with Crippen molar-refractivity contribution in [2.75, 3.05) is 5.32 Å². The van der Waals surface area contributed by atoms with Crippen LogP contribution in [0.1, 0.15) is 35.0 Å². The van der Waals surface area contributed by atoms with Gasteiger partial charge in [-0.3, -0.25) is 30.6 Å². The first-order valence-corrected chi connectivity index (χ1v) is 9.79. The van der Waals surface area contributed by atoms with Crippen LogP contribution in [0.3, 0.4) is 0 Å². The van der Waals surface area contributed by atoms with E-state index in [1.54, 1.807) is 30.3 Å². The highest BCUT2D eigenvalue weighted by Gasteiger charge is 2.08. The molecule has 0 fully saturated rings. The number of hydrazine groups is 1. The summed E-state index contributed by atoms with van der Waals surface area (Å²) in [6.07, 6.45) is 4.23. The third-order valence-electron chi connectivity index (χ3n) is 3.38. The zero-order chi connectivity index (χ0) is 20.4. The van der Waals surface area contributed by atoms with E-state index in [9.17, 15) is 14.4 Å². The van der Waals surface area contributed by atoms with Crippen LogP contribution in [-0.2, 0) is 9.59 Å². The third-order valence-corrected chi connectivity index (χ3v) is 4.42. The van der Waals surface area contributed by atoms with Crippen LogP contribution in [0.4, 0.5) is 5.69 Å². The van der Waals surface area contributed by atoms with Gasteiger partial charge < -0.3 is 5.32 Å². The molecule has 0 atom stereocenters. The molecule has 28 heavy (non-hydrogen) atoms. The van der Waals surface area contributed by atoms with E-state index >= 15 is 0 Å². The largest absolute Gasteiger partial charge is 0.326 e. The van der Waals surface area contributed by atoms with E-state index in [2.05, 4.69) is 21.5 Å². The van der Waals surface area contributed by atoms with Gasteiger partial charge in [-0.05, 0) is 60.4 Å². The van der Waals surface area contributed by atoms with Gasteiger partial charge in [0, 0.05) is 28.6 Å². The van der Waals surface area contributed by atoms with E-state index < -0.39 is 11.8 Å². The van der Waals surface area contributed by atoms with Gasteiger partial charge in [0.25, 0.3) is 5.91 Å². The summed E-state index contributed by atoms with van der Waals surface area (Å²) in [7, 11) is 0. The van der Waals surface area contributed by atoms with Crippen molar-refractivity contribution in [3.63, 3.8) is 0 Å². The molecule has 9 heteroatoms. The second kappa shape index (κ2) is 11.0. The number of rotatable bonds is 6. The van der Waals surface area contributed by atoms with Crippen LogP contribution in [0.25, 0.3) is 6.08 Å². The normalized spacial score (nSPS) is 10.3. The minimum Gasteiger partial charge on any atom is -0.326 e. The first-order chi connectivity index (χ1) is 13.5. The lowest BCUT2D eigenvalue weighted by Crippen LogP contribution is -2.48. The first kappa shape index (κ1) is 21.3. The summed E-state index contributed by atoms with van der Waals surface area (Å²) < 4.78 is 0. The first-order valence-electron chi connectivity index (χ1n) is 8.50. The van der Waals surface area contributed by atoms with Crippen LogP contribution in [0.2, 0.25) is 0 Å². The van der Waals surface area contributed by atoms with Gasteiger partial charge in [-0.2, -0.15) is 0 Å². The Balaban J connectivity index is 1.77. The maximum Gasteiger partial charge on any atom is 0.269 e. The minimum absolute atomic E-state index is 0.0300. The van der Waals surface area contributed by atoms with Gasteiger partial charge in [-0.1, -0.05) is 13.0 Å². The number of thiocarbonyl (C=S) groups is 1. The number of nitrogens with one attached hydrogen (secondary N) is 4. The van der Waals surface area contributed by atoms with Gasteiger partial charge in [0.15, 0.2) is 5.11 Å². The lowest BCUT2D eigenvalue weighted by Gasteiger charge is -2.10. The summed E-state index contributed by atoms with van der Waals surface area (Å²) in [5.74, 6) is -0.917. The molecule has 0 saturated heterocycles. The van der Waals surface area contributed by atoms with Crippen molar-refractivity contribution in [1.82, 2.24) is 16.2 Å². The predicted molar refractivity (Wildman–Crippen MR) is 115 cm³/mol. The fourth-order valence-electron chi connectivity index (χ4n) is 2.07. The quantitative estimate of drug-likeness (QED) is 0.330. The number of carbonyl (C=O) groups excluding carboxylic acids is 3. The molecule has 1 aromatic carbocycles. The van der Waals surface area contributed by atoms with Gasteiger partial charge in [-0.15, -0.1) is 11.3 Å². The Morgan fingerprint density at radius 1 is 1.11 bits per heavy atom. The highest BCUT2D eigenvalue weighted by atomic mass is 32.1. The van der Waals surface area contributed by atoms with Crippen molar-refractivity contribution in [3.05, 3.63) is 58.3 Å². The number of hydrogen-bond acceptors (Lipinski definition) is 5. The zero-order valence-electron chi connectivity index (χ0n) is 15.2. The summed E-state index contributed by atoms with van der Waals surface area (Å²) in [6.45, 7) is 1.92. The standard InChI is InChI=1S/C19H20N4O3S2/c1-2-4-16(24)20-14-8-6-13(7-9-14)18(26)22-23-19(27)21-17(25)11-10-15-5-3-12-28-15/h3,5-12H,2,4H2,1H3,(H,20,24)(H,22,26)(H2,21,23,25,27)/b11-10+. The smallest absolute Gasteiger partial charge is 0.269 e. The second-order valence-electron chi connectivity index (χ2n) is 5.62. The molecule has 0 aliphatic rings. The number of amides is 3. The molecule has 0 spiro atoms. The fourth-order valence-corrected chi connectivity index (χ4v) is 2.84. The van der Waals surface area contributed by atoms with E-state index in [0.29, 0.717) is 17.7 Å². The van der Waals surface area contributed by atoms with Crippen molar-refractivity contribution in [1.29, 1.82) is 0 Å². The molecule has 2 aromatic rings. The van der Waals surface area contributed by atoms with Gasteiger partial charge in [0.05, 0.1) is 0 Å². The van der Waals surface area contributed by atoms with Gasteiger partial charge in [0.2, 0.25) is 11.8 Å². The number of benzene rings is 1. The van der Waals surface area contributed by atoms with Gasteiger partial charge in [-0.25, -0.2) is 0 Å². The number of hydrogen-bond donors (Lipinski definition) is 4. The number of thiophene rings is 1.